The molecular weight excluding hydrogens is 247 g/mol. The monoisotopic (exact) mass is 264 g/mol. The number of para-hydroxylation sites is 4. The first-order chi connectivity index (χ1) is 8.35. The van der Waals surface area contributed by atoms with Gasteiger partial charge >= 0.3 is 0 Å². The van der Waals surface area contributed by atoms with Crippen molar-refractivity contribution in [2.45, 2.75) is 0 Å². The van der Waals surface area contributed by atoms with E-state index in [9.17, 15) is 0 Å². The molecule has 0 radical (unpaired) electrons. The molecule has 0 fully saturated rings. The van der Waals surface area contributed by atoms with Crippen LogP contribution in [-0.2, 0) is 0 Å². The van der Waals surface area contributed by atoms with Crippen molar-refractivity contribution in [2.75, 3.05) is 14.2 Å². The van der Waals surface area contributed by atoms with Crippen molar-refractivity contribution in [1.29, 1.82) is 0 Å². The molecule has 0 N–H and O–H groups in total. The van der Waals surface area contributed by atoms with Crippen molar-refractivity contribution in [3.05, 3.63) is 48.5 Å². The molecule has 96 valence electrons. The lowest BCUT2D eigenvalue weighted by atomic mass is 10.3. The van der Waals surface area contributed by atoms with E-state index in [-0.39, 0.29) is 9.90 Å². The molecule has 1 unspecified atom stereocenters. The van der Waals surface area contributed by atoms with Gasteiger partial charge in [-0.1, -0.05) is 24.3 Å². The van der Waals surface area contributed by atoms with Gasteiger partial charge in [-0.2, -0.15) is 9.90 Å². The van der Waals surface area contributed by atoms with Crippen LogP contribution in [0.1, 0.15) is 0 Å². The van der Waals surface area contributed by atoms with Gasteiger partial charge in [0.15, 0.2) is 23.0 Å². The zero-order chi connectivity index (χ0) is 12.1. The number of hydrogen-bond donors (Lipinski definition) is 0. The van der Waals surface area contributed by atoms with E-state index in [1.54, 1.807) is 14.2 Å². The molecular formula is C14H17O3P. The molecule has 0 spiro atoms. The fourth-order valence-corrected chi connectivity index (χ4v) is 1.52. The predicted molar refractivity (Wildman–Crippen MR) is 77.2 cm³/mol. The van der Waals surface area contributed by atoms with Crippen molar-refractivity contribution in [3.63, 3.8) is 0 Å². The second kappa shape index (κ2) is 6.87. The Morgan fingerprint density at radius 3 is 1.28 bits per heavy atom. The Kier molecular flexibility index (Phi) is 5.47. The molecule has 0 aliphatic heterocycles. The molecule has 4 heteroatoms. The van der Waals surface area contributed by atoms with Crippen molar-refractivity contribution >= 4 is 9.90 Å². The first-order valence-corrected chi connectivity index (χ1v) is 5.29. The normalized spacial score (nSPS) is 9.22. The number of methoxy groups -OCH3 is 2. The van der Waals surface area contributed by atoms with Crippen LogP contribution in [0, 0.1) is 0 Å². The molecule has 2 rings (SSSR count). The van der Waals surface area contributed by atoms with Crippen LogP contribution >= 0.6 is 9.90 Å². The van der Waals surface area contributed by atoms with Crippen LogP contribution in [-0.4, -0.2) is 14.2 Å². The lowest BCUT2D eigenvalue weighted by Gasteiger charge is -2.12. The molecule has 3 nitrogen and oxygen atoms in total. The molecule has 0 aliphatic carbocycles. The highest BCUT2D eigenvalue weighted by Gasteiger charge is 2.07. The van der Waals surface area contributed by atoms with Crippen LogP contribution < -0.4 is 14.2 Å². The Morgan fingerprint density at radius 1 is 0.611 bits per heavy atom. The van der Waals surface area contributed by atoms with Crippen molar-refractivity contribution in [1.82, 2.24) is 0 Å². The highest BCUT2D eigenvalue weighted by atomic mass is 31.0. The third kappa shape index (κ3) is 3.14. The zero-order valence-corrected chi connectivity index (χ0v) is 12.0. The topological polar surface area (TPSA) is 27.7 Å². The smallest absolute Gasteiger partial charge is 0.169 e. The Bertz CT molecular complexity index is 454. The van der Waals surface area contributed by atoms with Gasteiger partial charge in [-0.05, 0) is 24.3 Å². The minimum atomic E-state index is 0. The highest BCUT2D eigenvalue weighted by molar-refractivity contribution is 6.92. The van der Waals surface area contributed by atoms with Gasteiger partial charge in [0.05, 0.1) is 14.2 Å². The van der Waals surface area contributed by atoms with Gasteiger partial charge in [0.1, 0.15) is 0 Å². The first-order valence-electron chi connectivity index (χ1n) is 5.29. The minimum Gasteiger partial charge on any atom is -0.493 e. The maximum absolute atomic E-state index is 5.77. The molecule has 0 aliphatic rings. The van der Waals surface area contributed by atoms with E-state index in [0.29, 0.717) is 23.0 Å². The number of hydrogen-bond acceptors (Lipinski definition) is 3. The van der Waals surface area contributed by atoms with Gasteiger partial charge in [-0.25, -0.2) is 0 Å². The molecule has 0 saturated heterocycles. The molecule has 0 aromatic heterocycles. The second-order valence-electron chi connectivity index (χ2n) is 3.40. The standard InChI is InChI=1S/C14H14O3.H3P/c1-15-11-7-3-5-9-13(11)17-14-10-6-4-8-12(14)16-2;/h3-10H,1-2H3;1H3. The van der Waals surface area contributed by atoms with Crippen LogP contribution in [0.2, 0.25) is 0 Å². The molecule has 0 bridgehead atoms. The van der Waals surface area contributed by atoms with Crippen molar-refractivity contribution in [2.24, 2.45) is 0 Å². The van der Waals surface area contributed by atoms with Gasteiger partial charge in [0.2, 0.25) is 0 Å². The Labute approximate surface area is 110 Å². The molecule has 0 heterocycles. The van der Waals surface area contributed by atoms with E-state index in [1.165, 1.54) is 0 Å². The summed E-state index contributed by atoms with van der Waals surface area (Å²) in [6.45, 7) is 0. The molecule has 18 heavy (non-hydrogen) atoms. The second-order valence-corrected chi connectivity index (χ2v) is 3.40. The summed E-state index contributed by atoms with van der Waals surface area (Å²) in [5.41, 5.74) is 0. The summed E-state index contributed by atoms with van der Waals surface area (Å²) in [6.07, 6.45) is 0. The Balaban J connectivity index is 0.00000162. The van der Waals surface area contributed by atoms with E-state index in [4.69, 9.17) is 14.2 Å². The SMILES string of the molecule is COc1ccccc1Oc1ccccc1OC.P. The summed E-state index contributed by atoms with van der Waals surface area (Å²) in [6, 6.07) is 15.0. The van der Waals surface area contributed by atoms with Crippen molar-refractivity contribution in [3.8, 4) is 23.0 Å². The maximum Gasteiger partial charge on any atom is 0.169 e. The van der Waals surface area contributed by atoms with Crippen LogP contribution in [0.25, 0.3) is 0 Å². The van der Waals surface area contributed by atoms with Crippen LogP contribution in [0.5, 0.6) is 23.0 Å². The lowest BCUT2D eigenvalue weighted by Crippen LogP contribution is -1.92. The molecule has 0 saturated carbocycles. The summed E-state index contributed by atoms with van der Waals surface area (Å²) in [4.78, 5) is 0. The van der Waals surface area contributed by atoms with Gasteiger partial charge in [0, 0.05) is 0 Å². The molecule has 1 atom stereocenters. The Morgan fingerprint density at radius 2 is 0.944 bits per heavy atom. The maximum atomic E-state index is 5.77. The summed E-state index contributed by atoms with van der Waals surface area (Å²) in [5.74, 6) is 2.72. The number of rotatable bonds is 4. The predicted octanol–water partition coefficient (Wildman–Crippen LogP) is 3.55. The van der Waals surface area contributed by atoms with E-state index in [0.717, 1.165) is 0 Å². The summed E-state index contributed by atoms with van der Waals surface area (Å²) in [5, 5.41) is 0. The molecule has 2 aromatic carbocycles. The summed E-state index contributed by atoms with van der Waals surface area (Å²) in [7, 11) is 3.23. The number of ether oxygens (including phenoxy) is 3. The van der Waals surface area contributed by atoms with Gasteiger partial charge < -0.3 is 14.2 Å². The van der Waals surface area contributed by atoms with Gasteiger partial charge in [-0.3, -0.25) is 0 Å². The third-order valence-corrected chi connectivity index (χ3v) is 2.36. The fraction of sp³-hybridized carbons (Fsp3) is 0.143. The first kappa shape index (κ1) is 14.3. The van der Waals surface area contributed by atoms with Crippen LogP contribution in [0.15, 0.2) is 48.5 Å². The summed E-state index contributed by atoms with van der Waals surface area (Å²) < 4.78 is 16.2. The van der Waals surface area contributed by atoms with E-state index in [1.807, 2.05) is 48.5 Å². The Hall–Kier alpha value is -1.73. The van der Waals surface area contributed by atoms with E-state index >= 15 is 0 Å². The number of benzene rings is 2. The zero-order valence-electron chi connectivity index (χ0n) is 10.6. The van der Waals surface area contributed by atoms with Crippen LogP contribution in [0.3, 0.4) is 0 Å². The van der Waals surface area contributed by atoms with E-state index < -0.39 is 0 Å². The quantitative estimate of drug-likeness (QED) is 0.790. The fourth-order valence-electron chi connectivity index (χ4n) is 1.52. The lowest BCUT2D eigenvalue weighted by molar-refractivity contribution is 0.356. The highest BCUT2D eigenvalue weighted by Crippen LogP contribution is 2.35. The molecule has 2 aromatic rings. The average Bonchev–Trinajstić information content (AvgIpc) is 2.40. The summed E-state index contributed by atoms with van der Waals surface area (Å²) >= 11 is 0. The van der Waals surface area contributed by atoms with Crippen molar-refractivity contribution < 1.29 is 14.2 Å². The largest absolute Gasteiger partial charge is 0.493 e. The van der Waals surface area contributed by atoms with Crippen LogP contribution in [0.4, 0.5) is 0 Å². The third-order valence-electron chi connectivity index (χ3n) is 2.36. The molecule has 0 amide bonds. The average molecular weight is 264 g/mol. The van der Waals surface area contributed by atoms with Gasteiger partial charge in [-0.15, -0.1) is 0 Å². The van der Waals surface area contributed by atoms with Gasteiger partial charge in [0.25, 0.3) is 0 Å². The van der Waals surface area contributed by atoms with E-state index in [2.05, 4.69) is 0 Å². The minimum absolute atomic E-state index is 0.